The largest absolute Gasteiger partial charge is 0.508 e. The number of fused-ring (bicyclic) bond motifs is 1. The van der Waals surface area contributed by atoms with E-state index in [-0.39, 0.29) is 29.5 Å². The first kappa shape index (κ1) is 17.3. The predicted octanol–water partition coefficient (Wildman–Crippen LogP) is 3.13. The average Bonchev–Trinajstić information content (AvgIpc) is 3.44. The van der Waals surface area contributed by atoms with Crippen molar-refractivity contribution in [3.05, 3.63) is 41.6 Å². The van der Waals surface area contributed by atoms with Gasteiger partial charge in [-0.3, -0.25) is 9.59 Å². The highest BCUT2D eigenvalue weighted by Gasteiger charge is 2.46. The van der Waals surface area contributed by atoms with Crippen molar-refractivity contribution in [1.29, 1.82) is 0 Å². The number of rotatable bonds is 5. The van der Waals surface area contributed by atoms with Crippen molar-refractivity contribution in [2.75, 3.05) is 11.9 Å². The molecular weight excluding hydrogens is 348 g/mol. The van der Waals surface area contributed by atoms with E-state index in [1.165, 1.54) is 0 Å². The first-order valence-electron chi connectivity index (χ1n) is 9.02. The van der Waals surface area contributed by atoms with Gasteiger partial charge in [-0.05, 0) is 44.0 Å². The zero-order chi connectivity index (χ0) is 19.0. The van der Waals surface area contributed by atoms with Crippen molar-refractivity contribution in [3.63, 3.8) is 0 Å². The molecule has 0 saturated heterocycles. The molecule has 1 saturated carbocycles. The maximum absolute atomic E-state index is 11.9. The monoisotopic (exact) mass is 368 g/mol. The summed E-state index contributed by atoms with van der Waals surface area (Å²) in [6.45, 7) is 2.12. The minimum atomic E-state index is -0.229. The van der Waals surface area contributed by atoms with Crippen LogP contribution in [0, 0.1) is 5.92 Å². The third-order valence-electron chi connectivity index (χ3n) is 4.88. The second-order valence-electron chi connectivity index (χ2n) is 6.71. The number of nitrogens with zero attached hydrogens (tertiary/aromatic N) is 1. The van der Waals surface area contributed by atoms with Gasteiger partial charge in [0.15, 0.2) is 0 Å². The Morgan fingerprint density at radius 2 is 2.19 bits per heavy atom. The normalized spacial score (nSPS) is 20.4. The van der Waals surface area contributed by atoms with Crippen LogP contribution in [0.3, 0.4) is 0 Å². The Morgan fingerprint density at radius 3 is 3.00 bits per heavy atom. The van der Waals surface area contributed by atoms with Gasteiger partial charge >= 0.3 is 5.97 Å². The van der Waals surface area contributed by atoms with Crippen molar-refractivity contribution < 1.29 is 24.2 Å². The van der Waals surface area contributed by atoms with Crippen LogP contribution >= 0.6 is 0 Å². The summed E-state index contributed by atoms with van der Waals surface area (Å²) < 4.78 is 11.1. The lowest BCUT2D eigenvalue weighted by atomic mass is 10.1. The lowest BCUT2D eigenvalue weighted by Gasteiger charge is -2.19. The van der Waals surface area contributed by atoms with Crippen LogP contribution in [-0.4, -0.2) is 28.6 Å². The van der Waals surface area contributed by atoms with E-state index in [1.807, 2.05) is 0 Å². The topological polar surface area (TPSA) is 97.8 Å². The fourth-order valence-corrected chi connectivity index (χ4v) is 3.42. The van der Waals surface area contributed by atoms with Gasteiger partial charge in [-0.15, -0.1) is 0 Å². The van der Waals surface area contributed by atoms with E-state index in [1.54, 1.807) is 37.4 Å². The van der Waals surface area contributed by atoms with Crippen LogP contribution in [0.1, 0.15) is 36.8 Å². The van der Waals surface area contributed by atoms with Crippen LogP contribution in [0.15, 0.2) is 30.5 Å². The molecule has 1 aliphatic carbocycles. The number of benzene rings is 1. The number of aromatic hydroxyl groups is 1. The minimum Gasteiger partial charge on any atom is -0.508 e. The summed E-state index contributed by atoms with van der Waals surface area (Å²) in [5, 5.41) is 12.9. The number of nitrogens with one attached hydrogen (secondary N) is 1. The van der Waals surface area contributed by atoms with Crippen LogP contribution in [0.5, 0.6) is 17.2 Å². The molecule has 1 aromatic heterocycles. The maximum atomic E-state index is 11.9. The maximum Gasteiger partial charge on any atom is 0.309 e. The highest BCUT2D eigenvalue weighted by atomic mass is 16.5. The molecule has 0 spiro atoms. The molecule has 1 amide bonds. The Bertz CT molecular complexity index is 911. The van der Waals surface area contributed by atoms with Crippen molar-refractivity contribution in [2.45, 2.75) is 32.1 Å². The number of phenols is 1. The van der Waals surface area contributed by atoms with Crippen molar-refractivity contribution in [3.8, 4) is 17.2 Å². The number of anilines is 1. The molecule has 140 valence electrons. The van der Waals surface area contributed by atoms with Crippen LogP contribution in [-0.2, 0) is 20.7 Å². The van der Waals surface area contributed by atoms with Gasteiger partial charge in [0.1, 0.15) is 23.1 Å². The Balaban J connectivity index is 1.56. The molecule has 2 aromatic rings. The molecule has 1 aliphatic heterocycles. The molecule has 0 bridgehead atoms. The number of carbonyl (C=O) groups excluding carboxylic acids is 2. The summed E-state index contributed by atoms with van der Waals surface area (Å²) in [6.07, 6.45) is 3.19. The summed E-state index contributed by atoms with van der Waals surface area (Å²) in [4.78, 5) is 27.6. The van der Waals surface area contributed by atoms with Crippen LogP contribution in [0.4, 0.5) is 5.82 Å². The molecule has 7 nitrogen and oxygen atoms in total. The van der Waals surface area contributed by atoms with Gasteiger partial charge in [0.25, 0.3) is 0 Å². The zero-order valence-corrected chi connectivity index (χ0v) is 14.9. The number of hydrogen-bond donors (Lipinski definition) is 2. The molecule has 2 atom stereocenters. The molecule has 1 unspecified atom stereocenters. The lowest BCUT2D eigenvalue weighted by Crippen LogP contribution is -2.20. The lowest BCUT2D eigenvalue weighted by molar-refractivity contribution is -0.144. The highest BCUT2D eigenvalue weighted by molar-refractivity contribution is 5.93. The first-order chi connectivity index (χ1) is 13.1. The molecule has 2 heterocycles. The molecule has 1 aromatic carbocycles. The van der Waals surface area contributed by atoms with E-state index >= 15 is 0 Å². The predicted molar refractivity (Wildman–Crippen MR) is 96.8 cm³/mol. The van der Waals surface area contributed by atoms with Gasteiger partial charge in [-0.1, -0.05) is 0 Å². The number of carbonyl (C=O) groups is 2. The van der Waals surface area contributed by atoms with Crippen molar-refractivity contribution in [1.82, 2.24) is 4.98 Å². The summed E-state index contributed by atoms with van der Waals surface area (Å²) in [5.41, 5.74) is 1.53. The van der Waals surface area contributed by atoms with Crippen LogP contribution in [0.25, 0.3) is 0 Å². The fraction of sp³-hybridized carbons (Fsp3) is 0.350. The van der Waals surface area contributed by atoms with Crippen LogP contribution in [0.2, 0.25) is 0 Å². The smallest absolute Gasteiger partial charge is 0.309 e. The molecular formula is C20H20N2O5. The highest BCUT2D eigenvalue weighted by Crippen LogP contribution is 2.51. The van der Waals surface area contributed by atoms with E-state index < -0.39 is 0 Å². The van der Waals surface area contributed by atoms with E-state index in [0.717, 1.165) is 5.56 Å². The Morgan fingerprint density at radius 1 is 1.33 bits per heavy atom. The first-order valence-corrected chi connectivity index (χ1v) is 9.02. The second kappa shape index (κ2) is 6.90. The minimum absolute atomic E-state index is 0.0572. The Labute approximate surface area is 156 Å². The SMILES string of the molecule is CCOC(=O)[C@H]1CC1c1cc(Oc2ccnc3c2CCC(=O)N3)ccc1O. The molecule has 1 fully saturated rings. The standard InChI is InChI=1S/C20H20N2O5/c1-2-26-20(25)15-10-13(15)14-9-11(3-5-16(14)23)27-17-7-8-21-19-12(17)4-6-18(24)22-19/h3,5,7-9,13,15,23H,2,4,6,10H2,1H3,(H,21,22,24)/t13?,15-/m0/s1. The number of pyridine rings is 1. The quantitative estimate of drug-likeness (QED) is 0.787. The van der Waals surface area contributed by atoms with Gasteiger partial charge in [-0.25, -0.2) is 4.98 Å². The molecule has 4 rings (SSSR count). The number of hydrogen-bond acceptors (Lipinski definition) is 6. The van der Waals surface area contributed by atoms with Gasteiger partial charge in [-0.2, -0.15) is 0 Å². The summed E-state index contributed by atoms with van der Waals surface area (Å²) >= 11 is 0. The summed E-state index contributed by atoms with van der Waals surface area (Å²) in [5.74, 6) is 1.28. The van der Waals surface area contributed by atoms with E-state index in [2.05, 4.69) is 10.3 Å². The molecule has 2 N–H and O–H groups in total. The fourth-order valence-electron chi connectivity index (χ4n) is 3.42. The Kier molecular flexibility index (Phi) is 4.43. The molecule has 7 heteroatoms. The van der Waals surface area contributed by atoms with E-state index in [0.29, 0.717) is 48.7 Å². The molecule has 2 aliphatic rings. The third kappa shape index (κ3) is 3.45. The van der Waals surface area contributed by atoms with Crippen molar-refractivity contribution in [2.24, 2.45) is 5.92 Å². The van der Waals surface area contributed by atoms with Gasteiger partial charge < -0.3 is 19.9 Å². The van der Waals surface area contributed by atoms with Gasteiger partial charge in [0.05, 0.1) is 12.5 Å². The molecule has 27 heavy (non-hydrogen) atoms. The van der Waals surface area contributed by atoms with E-state index in [9.17, 15) is 14.7 Å². The van der Waals surface area contributed by atoms with Crippen LogP contribution < -0.4 is 10.1 Å². The average molecular weight is 368 g/mol. The van der Waals surface area contributed by atoms with E-state index in [4.69, 9.17) is 9.47 Å². The van der Waals surface area contributed by atoms with Gasteiger partial charge in [0, 0.05) is 29.7 Å². The number of amides is 1. The Hall–Kier alpha value is -3.09. The van der Waals surface area contributed by atoms with Crippen molar-refractivity contribution >= 4 is 17.7 Å². The number of esters is 1. The second-order valence-corrected chi connectivity index (χ2v) is 6.71. The number of phenolic OH excluding ortho intramolecular Hbond substituents is 1. The third-order valence-corrected chi connectivity index (χ3v) is 4.88. The number of aromatic nitrogens is 1. The summed E-state index contributed by atoms with van der Waals surface area (Å²) in [6, 6.07) is 6.75. The zero-order valence-electron chi connectivity index (χ0n) is 14.9. The number of ether oxygens (including phenoxy) is 2. The summed E-state index contributed by atoms with van der Waals surface area (Å²) in [7, 11) is 0. The molecule has 0 radical (unpaired) electrons. The van der Waals surface area contributed by atoms with Gasteiger partial charge in [0.2, 0.25) is 5.91 Å².